The largest absolute Gasteiger partial charge is 0.497 e. The highest BCUT2D eigenvalue weighted by Crippen LogP contribution is 2.28. The van der Waals surface area contributed by atoms with Crippen molar-refractivity contribution in [2.75, 3.05) is 33.1 Å². The number of anilines is 1. The van der Waals surface area contributed by atoms with Crippen LogP contribution in [-0.4, -0.2) is 48.8 Å². The van der Waals surface area contributed by atoms with Crippen molar-refractivity contribution in [3.63, 3.8) is 0 Å². The molecule has 0 fully saturated rings. The third-order valence-corrected chi connectivity index (χ3v) is 5.14. The Kier molecular flexibility index (Phi) is 7.63. The molecule has 6 nitrogen and oxygen atoms in total. The summed E-state index contributed by atoms with van der Waals surface area (Å²) in [6, 6.07) is 15.6. The molecule has 1 heterocycles. The highest BCUT2D eigenvalue weighted by Gasteiger charge is 2.21. The van der Waals surface area contributed by atoms with Crippen LogP contribution in [0.4, 0.5) is 5.69 Å². The second-order valence-corrected chi connectivity index (χ2v) is 7.68. The van der Waals surface area contributed by atoms with Gasteiger partial charge >= 0.3 is 0 Å². The van der Waals surface area contributed by atoms with Gasteiger partial charge in [-0.1, -0.05) is 30.7 Å². The Bertz CT molecular complexity index is 921. The monoisotopic (exact) mass is 406 g/mol. The van der Waals surface area contributed by atoms with E-state index in [-0.39, 0.29) is 11.8 Å². The average Bonchev–Trinajstić information content (AvgIpc) is 3.29. The molecule has 3 rings (SSSR count). The number of rotatable bonds is 10. The first-order valence-corrected chi connectivity index (χ1v) is 10.3. The molecule has 1 amide bonds. The summed E-state index contributed by atoms with van der Waals surface area (Å²) >= 11 is 0. The van der Waals surface area contributed by atoms with Crippen LogP contribution in [0.1, 0.15) is 30.7 Å². The maximum absolute atomic E-state index is 13.2. The topological polar surface area (TPSA) is 70.2 Å². The lowest BCUT2D eigenvalue weighted by Gasteiger charge is -2.19. The number of nitrogens with one attached hydrogen (secondary N) is 2. The molecule has 0 aliphatic rings. The normalized spacial score (nSPS) is 12.0. The van der Waals surface area contributed by atoms with Crippen LogP contribution in [0.15, 0.2) is 60.9 Å². The van der Waals surface area contributed by atoms with E-state index in [0.717, 1.165) is 53.9 Å². The van der Waals surface area contributed by atoms with E-state index in [1.807, 2.05) is 54.7 Å². The van der Waals surface area contributed by atoms with Gasteiger partial charge in [0.2, 0.25) is 5.91 Å². The van der Waals surface area contributed by atoms with Crippen LogP contribution in [0, 0.1) is 0 Å². The molecule has 0 saturated carbocycles. The summed E-state index contributed by atoms with van der Waals surface area (Å²) in [6.45, 7) is 1.02. The maximum atomic E-state index is 13.2. The molecule has 0 spiro atoms. The zero-order valence-corrected chi connectivity index (χ0v) is 17.9. The molecule has 0 aliphatic carbocycles. The van der Waals surface area contributed by atoms with Crippen molar-refractivity contribution in [1.82, 2.24) is 15.1 Å². The number of carbonyl (C=O) groups excluding carboxylic acids is 1. The van der Waals surface area contributed by atoms with Gasteiger partial charge in [-0.2, -0.15) is 5.10 Å². The Morgan fingerprint density at radius 1 is 1.13 bits per heavy atom. The van der Waals surface area contributed by atoms with Gasteiger partial charge < -0.3 is 15.0 Å². The van der Waals surface area contributed by atoms with Crippen LogP contribution in [-0.2, 0) is 4.79 Å². The number of amides is 1. The van der Waals surface area contributed by atoms with Crippen LogP contribution in [0.3, 0.4) is 0 Å². The molecule has 1 atom stereocenters. The molecular formula is C24H30N4O2. The van der Waals surface area contributed by atoms with E-state index in [9.17, 15) is 4.79 Å². The van der Waals surface area contributed by atoms with Gasteiger partial charge in [0.05, 0.1) is 19.2 Å². The summed E-state index contributed by atoms with van der Waals surface area (Å²) in [7, 11) is 5.78. The molecule has 30 heavy (non-hydrogen) atoms. The maximum Gasteiger partial charge on any atom is 0.231 e. The predicted octanol–water partition coefficient (Wildman–Crippen LogP) is 4.54. The van der Waals surface area contributed by atoms with Crippen LogP contribution in [0.2, 0.25) is 0 Å². The minimum atomic E-state index is -0.226. The Morgan fingerprint density at radius 2 is 1.93 bits per heavy atom. The molecule has 2 N–H and O–H groups in total. The fourth-order valence-electron chi connectivity index (χ4n) is 3.47. The number of benzene rings is 2. The second kappa shape index (κ2) is 10.6. The number of H-pyrrole nitrogens is 1. The summed E-state index contributed by atoms with van der Waals surface area (Å²) in [5.74, 6) is 0.544. The molecule has 0 aliphatic heterocycles. The molecule has 3 aromatic rings. The van der Waals surface area contributed by atoms with Crippen molar-refractivity contribution in [2.24, 2.45) is 0 Å². The van der Waals surface area contributed by atoms with Crippen molar-refractivity contribution in [3.8, 4) is 16.9 Å². The third kappa shape index (κ3) is 5.94. The standard InChI is InChI=1S/C24H30N4O2/c1-28(2)14-5-4-9-23(19-7-6-8-22(15-19)30-3)24(29)27-21-12-10-18(11-13-21)20-16-25-26-17-20/h6-8,10-13,15-17,23H,4-5,9,14H2,1-3H3,(H,25,26)(H,27,29). The average molecular weight is 407 g/mol. The van der Waals surface area contributed by atoms with E-state index >= 15 is 0 Å². The minimum Gasteiger partial charge on any atom is -0.497 e. The first-order chi connectivity index (χ1) is 14.6. The van der Waals surface area contributed by atoms with E-state index in [2.05, 4.69) is 34.5 Å². The van der Waals surface area contributed by atoms with Crippen molar-refractivity contribution < 1.29 is 9.53 Å². The SMILES string of the molecule is COc1cccc(C(CCCCN(C)C)C(=O)Nc2ccc(-c3cn[nH]c3)cc2)c1. The number of carbonyl (C=O) groups is 1. The third-order valence-electron chi connectivity index (χ3n) is 5.14. The second-order valence-electron chi connectivity index (χ2n) is 7.68. The van der Waals surface area contributed by atoms with Gasteiger partial charge in [-0.25, -0.2) is 0 Å². The lowest BCUT2D eigenvalue weighted by atomic mass is 9.92. The highest BCUT2D eigenvalue weighted by atomic mass is 16.5. The first kappa shape index (κ1) is 21.6. The van der Waals surface area contributed by atoms with Gasteiger partial charge in [-0.05, 0) is 68.9 Å². The quantitative estimate of drug-likeness (QED) is 0.485. The first-order valence-electron chi connectivity index (χ1n) is 10.3. The summed E-state index contributed by atoms with van der Waals surface area (Å²) in [5, 5.41) is 9.88. The predicted molar refractivity (Wildman–Crippen MR) is 121 cm³/mol. The van der Waals surface area contributed by atoms with Crippen molar-refractivity contribution >= 4 is 11.6 Å². The van der Waals surface area contributed by atoms with Gasteiger partial charge in [0.25, 0.3) is 0 Å². The molecule has 1 unspecified atom stereocenters. The zero-order valence-electron chi connectivity index (χ0n) is 17.9. The van der Waals surface area contributed by atoms with Gasteiger partial charge in [-0.15, -0.1) is 0 Å². The molecular weight excluding hydrogens is 376 g/mol. The van der Waals surface area contributed by atoms with Crippen molar-refractivity contribution in [3.05, 3.63) is 66.5 Å². The van der Waals surface area contributed by atoms with Gasteiger partial charge in [-0.3, -0.25) is 9.89 Å². The van der Waals surface area contributed by atoms with Gasteiger partial charge in [0, 0.05) is 17.4 Å². The smallest absolute Gasteiger partial charge is 0.231 e. The fourth-order valence-corrected chi connectivity index (χ4v) is 3.47. The number of unbranched alkanes of at least 4 members (excludes halogenated alkanes) is 1. The Hall–Kier alpha value is -3.12. The highest BCUT2D eigenvalue weighted by molar-refractivity contribution is 5.96. The number of aromatic nitrogens is 2. The minimum absolute atomic E-state index is 0.00386. The van der Waals surface area contributed by atoms with E-state index in [0.29, 0.717) is 0 Å². The molecule has 6 heteroatoms. The molecule has 0 bridgehead atoms. The Labute approximate surface area is 178 Å². The summed E-state index contributed by atoms with van der Waals surface area (Å²) in [4.78, 5) is 15.3. The van der Waals surface area contributed by atoms with Crippen LogP contribution in [0.5, 0.6) is 5.75 Å². The summed E-state index contributed by atoms with van der Waals surface area (Å²) in [5.41, 5.74) is 3.83. The molecule has 1 aromatic heterocycles. The van der Waals surface area contributed by atoms with E-state index in [1.54, 1.807) is 13.3 Å². The molecule has 0 saturated heterocycles. The lowest BCUT2D eigenvalue weighted by molar-refractivity contribution is -0.117. The van der Waals surface area contributed by atoms with Crippen molar-refractivity contribution in [1.29, 1.82) is 0 Å². The lowest BCUT2D eigenvalue weighted by Crippen LogP contribution is -2.22. The Morgan fingerprint density at radius 3 is 2.60 bits per heavy atom. The molecule has 0 radical (unpaired) electrons. The number of hydrogen-bond donors (Lipinski definition) is 2. The van der Waals surface area contributed by atoms with E-state index < -0.39 is 0 Å². The molecule has 158 valence electrons. The number of ether oxygens (including phenoxy) is 1. The fraction of sp³-hybridized carbons (Fsp3) is 0.333. The number of nitrogens with zero attached hydrogens (tertiary/aromatic N) is 2. The van der Waals surface area contributed by atoms with Gasteiger partial charge in [0.15, 0.2) is 0 Å². The van der Waals surface area contributed by atoms with E-state index in [4.69, 9.17) is 4.74 Å². The van der Waals surface area contributed by atoms with E-state index in [1.165, 1.54) is 0 Å². The Balaban J connectivity index is 1.71. The number of methoxy groups -OCH3 is 1. The summed E-state index contributed by atoms with van der Waals surface area (Å²) < 4.78 is 5.36. The van der Waals surface area contributed by atoms with Crippen LogP contribution in [0.25, 0.3) is 11.1 Å². The zero-order chi connectivity index (χ0) is 21.3. The summed E-state index contributed by atoms with van der Waals surface area (Å²) in [6.07, 6.45) is 6.45. The van der Waals surface area contributed by atoms with Gasteiger partial charge in [0.1, 0.15) is 5.75 Å². The number of aromatic amines is 1. The van der Waals surface area contributed by atoms with Crippen LogP contribution < -0.4 is 10.1 Å². The number of hydrogen-bond acceptors (Lipinski definition) is 4. The molecule has 2 aromatic carbocycles. The van der Waals surface area contributed by atoms with Crippen LogP contribution >= 0.6 is 0 Å². The van der Waals surface area contributed by atoms with Crippen molar-refractivity contribution in [2.45, 2.75) is 25.2 Å².